The predicted molar refractivity (Wildman–Crippen MR) is 116 cm³/mol. The Hall–Kier alpha value is -3.27. The molecule has 2 saturated heterocycles. The number of amides is 3. The number of urea groups is 1. The van der Waals surface area contributed by atoms with Crippen LogP contribution in [0.25, 0.3) is 0 Å². The van der Waals surface area contributed by atoms with Crippen LogP contribution in [0.1, 0.15) is 11.7 Å². The van der Waals surface area contributed by atoms with Gasteiger partial charge in [0.05, 0.1) is 12.2 Å². The number of carbonyl (C=O) groups excluding carboxylic acids is 2. The number of hydrogen-bond donors (Lipinski definition) is 0. The third kappa shape index (κ3) is 3.17. The van der Waals surface area contributed by atoms with E-state index in [9.17, 15) is 14.0 Å². The highest BCUT2D eigenvalue weighted by Crippen LogP contribution is 2.28. The molecule has 3 aliphatic heterocycles. The van der Waals surface area contributed by atoms with Gasteiger partial charge in [-0.2, -0.15) is 0 Å². The number of aryl methyl sites for hydroxylation is 1. The van der Waals surface area contributed by atoms with Gasteiger partial charge in [-0.1, -0.05) is 17.1 Å². The first-order chi connectivity index (χ1) is 15.4. The van der Waals surface area contributed by atoms with Gasteiger partial charge >= 0.3 is 12.0 Å². The van der Waals surface area contributed by atoms with Crippen molar-refractivity contribution in [2.45, 2.75) is 19.5 Å². The van der Waals surface area contributed by atoms with E-state index in [1.54, 1.807) is 13.1 Å². The van der Waals surface area contributed by atoms with Gasteiger partial charge in [0, 0.05) is 46.8 Å². The lowest BCUT2D eigenvalue weighted by Gasteiger charge is -2.36. The molecule has 2 aromatic rings. The number of likely N-dealkylation sites (N-methyl/N-ethyl adjacent to an activating group) is 2. The van der Waals surface area contributed by atoms with E-state index in [2.05, 4.69) is 19.4 Å². The van der Waals surface area contributed by atoms with Gasteiger partial charge in [0.1, 0.15) is 17.7 Å². The van der Waals surface area contributed by atoms with Gasteiger partial charge in [-0.05, 0) is 19.1 Å². The zero-order valence-electron chi connectivity index (χ0n) is 18.5. The Morgan fingerprint density at radius 2 is 1.78 bits per heavy atom. The molecule has 0 bridgehead atoms. The van der Waals surface area contributed by atoms with Gasteiger partial charge in [-0.25, -0.2) is 18.3 Å². The highest BCUT2D eigenvalue weighted by molar-refractivity contribution is 6.18. The summed E-state index contributed by atoms with van der Waals surface area (Å²) in [5.74, 6) is 0.717. The first kappa shape index (κ1) is 20.6. The summed E-state index contributed by atoms with van der Waals surface area (Å²) in [6, 6.07) is 5.94. The second-order valence-electron chi connectivity index (χ2n) is 8.52. The van der Waals surface area contributed by atoms with Crippen molar-refractivity contribution in [1.29, 1.82) is 0 Å². The number of aliphatic imine (C=N–C) groups is 1. The maximum Gasteiger partial charge on any atom is 0.401 e. The van der Waals surface area contributed by atoms with Crippen LogP contribution in [0, 0.1) is 12.7 Å². The number of halogens is 1. The van der Waals surface area contributed by atoms with Crippen LogP contribution >= 0.6 is 0 Å². The fourth-order valence-corrected chi connectivity index (χ4v) is 4.75. The van der Waals surface area contributed by atoms with Gasteiger partial charge in [0.2, 0.25) is 11.9 Å². The van der Waals surface area contributed by atoms with Crippen LogP contribution in [0.5, 0.6) is 0 Å². The standard InChI is InChI=1S/C22H27FN7O2/c1-15-14-30-18-19(25(2)22(32)26(3)20(18)31)24-21(30)29(15)13-10-27-8-11-28(12-9-27)17-7-5-4-6-16(17)23/h4-7,14,18H,8-13H2,1-3H3/q+1. The fourth-order valence-electron chi connectivity index (χ4n) is 4.75. The molecule has 1 unspecified atom stereocenters. The lowest BCUT2D eigenvalue weighted by Crippen LogP contribution is -2.61. The Labute approximate surface area is 185 Å². The first-order valence-corrected chi connectivity index (χ1v) is 10.8. The molecule has 0 radical (unpaired) electrons. The van der Waals surface area contributed by atoms with Crippen molar-refractivity contribution in [3.8, 4) is 0 Å². The van der Waals surface area contributed by atoms with Gasteiger partial charge in [0.25, 0.3) is 5.91 Å². The van der Waals surface area contributed by atoms with Crippen molar-refractivity contribution in [1.82, 2.24) is 19.3 Å². The molecule has 1 aromatic carbocycles. The van der Waals surface area contributed by atoms with E-state index in [4.69, 9.17) is 0 Å². The van der Waals surface area contributed by atoms with Crippen LogP contribution < -0.4 is 9.47 Å². The lowest BCUT2D eigenvalue weighted by atomic mass is 10.2. The second kappa shape index (κ2) is 7.70. The number of aromatic nitrogens is 2. The molecule has 0 aliphatic carbocycles. The molecule has 9 nitrogen and oxygen atoms in total. The molecule has 2 fully saturated rings. The van der Waals surface area contributed by atoms with Crippen LogP contribution in [0.2, 0.25) is 0 Å². The number of fused-ring (bicyclic) bond motifs is 3. The Morgan fingerprint density at radius 3 is 2.50 bits per heavy atom. The fraction of sp³-hybridized carbons (Fsp3) is 0.455. The minimum absolute atomic E-state index is 0.180. The number of carbonyl (C=O) groups is 2. The van der Waals surface area contributed by atoms with E-state index < -0.39 is 6.04 Å². The number of hydrogen-bond acceptors (Lipinski definition) is 5. The average molecular weight is 441 g/mol. The van der Waals surface area contributed by atoms with Crippen molar-refractivity contribution in [3.63, 3.8) is 0 Å². The number of amidine groups is 1. The van der Waals surface area contributed by atoms with E-state index in [1.807, 2.05) is 29.8 Å². The zero-order valence-corrected chi connectivity index (χ0v) is 18.5. The van der Waals surface area contributed by atoms with Crippen LogP contribution in [-0.4, -0.2) is 83.9 Å². The number of para-hydroxylation sites is 1. The molecule has 3 amide bonds. The Morgan fingerprint density at radius 1 is 1.06 bits per heavy atom. The van der Waals surface area contributed by atoms with Crippen LogP contribution in [0.3, 0.4) is 0 Å². The molecule has 0 saturated carbocycles. The summed E-state index contributed by atoms with van der Waals surface area (Å²) < 4.78 is 18.0. The topological polar surface area (TPSA) is 68.3 Å². The highest BCUT2D eigenvalue weighted by atomic mass is 19.1. The number of imidazole rings is 1. The molecule has 1 aromatic heterocycles. The van der Waals surface area contributed by atoms with Crippen LogP contribution in [0.15, 0.2) is 35.5 Å². The Kier molecular flexibility index (Phi) is 4.96. The molecule has 168 valence electrons. The Bertz CT molecular complexity index is 1120. The van der Waals surface area contributed by atoms with Crippen molar-refractivity contribution >= 4 is 29.4 Å². The number of piperazine rings is 1. The molecule has 0 spiro atoms. The van der Waals surface area contributed by atoms with E-state index in [1.165, 1.54) is 18.0 Å². The zero-order chi connectivity index (χ0) is 22.6. The van der Waals surface area contributed by atoms with Crippen molar-refractivity contribution in [2.24, 2.45) is 4.99 Å². The second-order valence-corrected chi connectivity index (χ2v) is 8.52. The molecule has 0 N–H and O–H groups in total. The minimum atomic E-state index is -0.595. The summed E-state index contributed by atoms with van der Waals surface area (Å²) >= 11 is 0. The molecule has 32 heavy (non-hydrogen) atoms. The van der Waals surface area contributed by atoms with Gasteiger partial charge in [-0.15, -0.1) is 0 Å². The molecule has 1 atom stereocenters. The first-order valence-electron chi connectivity index (χ1n) is 10.8. The van der Waals surface area contributed by atoms with E-state index in [0.717, 1.165) is 49.9 Å². The monoisotopic (exact) mass is 440 g/mol. The number of anilines is 1. The largest absolute Gasteiger partial charge is 0.401 e. The van der Waals surface area contributed by atoms with Crippen LogP contribution in [0.4, 0.5) is 20.8 Å². The highest BCUT2D eigenvalue weighted by Gasteiger charge is 2.52. The number of rotatable bonds is 4. The third-order valence-electron chi connectivity index (χ3n) is 6.65. The molecule has 10 heteroatoms. The lowest BCUT2D eigenvalue weighted by molar-refractivity contribution is -0.677. The van der Waals surface area contributed by atoms with E-state index >= 15 is 0 Å². The van der Waals surface area contributed by atoms with Crippen molar-refractivity contribution in [3.05, 3.63) is 42.0 Å². The Balaban J connectivity index is 1.28. The van der Waals surface area contributed by atoms with Gasteiger partial charge in [0.15, 0.2) is 0 Å². The predicted octanol–water partition coefficient (Wildman–Crippen LogP) is 1.15. The average Bonchev–Trinajstić information content (AvgIpc) is 3.30. The van der Waals surface area contributed by atoms with Gasteiger partial charge in [-0.3, -0.25) is 19.5 Å². The number of imide groups is 1. The van der Waals surface area contributed by atoms with Gasteiger partial charge < -0.3 is 4.90 Å². The van der Waals surface area contributed by atoms with E-state index in [-0.39, 0.29) is 17.8 Å². The number of nitrogens with zero attached hydrogens (tertiary/aromatic N) is 7. The third-order valence-corrected chi connectivity index (χ3v) is 6.65. The summed E-state index contributed by atoms with van der Waals surface area (Å²) in [6.07, 6.45) is 1.93. The molecule has 3 aliphatic rings. The summed E-state index contributed by atoms with van der Waals surface area (Å²) in [7, 11) is 3.15. The summed E-state index contributed by atoms with van der Waals surface area (Å²) in [4.78, 5) is 36.7. The smallest absolute Gasteiger partial charge is 0.367 e. The quantitative estimate of drug-likeness (QED) is 0.669. The SMILES string of the molecule is Cc1c[n+]2c(n1CCN1CCN(c3ccccc3F)CC1)N=C1C2C(=O)N(C)C(=O)N1C. The minimum Gasteiger partial charge on any atom is -0.367 e. The molecular formula is C22H27FN7O2+. The van der Waals surface area contributed by atoms with Crippen molar-refractivity contribution in [2.75, 3.05) is 51.7 Å². The molecular weight excluding hydrogens is 413 g/mol. The van der Waals surface area contributed by atoms with E-state index in [0.29, 0.717) is 17.5 Å². The normalized spacial score (nSPS) is 21.2. The summed E-state index contributed by atoms with van der Waals surface area (Å²) in [6.45, 7) is 6.80. The van der Waals surface area contributed by atoms with Crippen LogP contribution in [-0.2, 0) is 11.3 Å². The maximum absolute atomic E-state index is 14.1. The van der Waals surface area contributed by atoms with Crippen molar-refractivity contribution < 1.29 is 18.5 Å². The summed E-state index contributed by atoms with van der Waals surface area (Å²) in [5.41, 5.74) is 1.68. The molecule has 4 heterocycles. The molecule has 5 rings (SSSR count). The summed E-state index contributed by atoms with van der Waals surface area (Å²) in [5, 5.41) is 0. The number of benzene rings is 1. The maximum atomic E-state index is 14.1.